The van der Waals surface area contributed by atoms with E-state index in [1.807, 2.05) is 6.92 Å². The van der Waals surface area contributed by atoms with Crippen LogP contribution in [0.5, 0.6) is 0 Å². The summed E-state index contributed by atoms with van der Waals surface area (Å²) >= 11 is 0. The van der Waals surface area contributed by atoms with Crippen molar-refractivity contribution in [1.29, 1.82) is 0 Å². The van der Waals surface area contributed by atoms with Gasteiger partial charge < -0.3 is 5.21 Å². The van der Waals surface area contributed by atoms with Crippen molar-refractivity contribution < 1.29 is 5.21 Å². The van der Waals surface area contributed by atoms with Gasteiger partial charge in [-0.25, -0.2) is 9.97 Å². The van der Waals surface area contributed by atoms with Crippen molar-refractivity contribution in [3.63, 3.8) is 0 Å². The van der Waals surface area contributed by atoms with Gasteiger partial charge in [0, 0.05) is 11.9 Å². The van der Waals surface area contributed by atoms with Crippen LogP contribution < -0.4 is 0 Å². The first kappa shape index (κ1) is 7.65. The van der Waals surface area contributed by atoms with Crippen LogP contribution in [0, 0.1) is 6.92 Å². The number of aromatic nitrogens is 2. The van der Waals surface area contributed by atoms with Gasteiger partial charge in [-0.05, 0) is 19.9 Å². The zero-order chi connectivity index (χ0) is 8.27. The highest BCUT2D eigenvalue weighted by atomic mass is 16.4. The molecule has 1 aromatic heterocycles. The third kappa shape index (κ3) is 1.73. The number of oxime groups is 1. The smallest absolute Gasteiger partial charge is 0.177 e. The van der Waals surface area contributed by atoms with E-state index < -0.39 is 0 Å². The summed E-state index contributed by atoms with van der Waals surface area (Å²) < 4.78 is 0. The monoisotopic (exact) mass is 151 g/mol. The van der Waals surface area contributed by atoms with Crippen LogP contribution in [0.3, 0.4) is 0 Å². The number of aryl methyl sites for hydroxylation is 1. The van der Waals surface area contributed by atoms with E-state index >= 15 is 0 Å². The first-order chi connectivity index (χ1) is 5.24. The highest BCUT2D eigenvalue weighted by molar-refractivity contribution is 5.94. The van der Waals surface area contributed by atoms with Crippen LogP contribution in [0.2, 0.25) is 0 Å². The van der Waals surface area contributed by atoms with Gasteiger partial charge in [-0.2, -0.15) is 0 Å². The molecule has 0 fully saturated rings. The van der Waals surface area contributed by atoms with Crippen LogP contribution in [-0.4, -0.2) is 20.9 Å². The van der Waals surface area contributed by atoms with Crippen molar-refractivity contribution in [2.75, 3.05) is 0 Å². The summed E-state index contributed by atoms with van der Waals surface area (Å²) in [5.41, 5.74) is 1.28. The molecule has 0 bridgehead atoms. The van der Waals surface area contributed by atoms with E-state index in [0.717, 1.165) is 5.69 Å². The van der Waals surface area contributed by atoms with Crippen molar-refractivity contribution in [3.8, 4) is 0 Å². The van der Waals surface area contributed by atoms with Crippen molar-refractivity contribution in [2.45, 2.75) is 13.8 Å². The van der Waals surface area contributed by atoms with Crippen LogP contribution in [0.15, 0.2) is 17.4 Å². The molecule has 0 saturated heterocycles. The molecule has 0 aromatic carbocycles. The predicted octanol–water partition coefficient (Wildman–Crippen LogP) is 0.983. The largest absolute Gasteiger partial charge is 0.411 e. The lowest BCUT2D eigenvalue weighted by Crippen LogP contribution is -2.02. The quantitative estimate of drug-likeness (QED) is 0.370. The lowest BCUT2D eigenvalue weighted by Gasteiger charge is -1.96. The Balaban J connectivity index is 3.06. The third-order valence-corrected chi connectivity index (χ3v) is 1.27. The fourth-order valence-electron chi connectivity index (χ4n) is 0.668. The molecule has 0 amide bonds. The molecule has 0 spiro atoms. The van der Waals surface area contributed by atoms with Gasteiger partial charge in [0.1, 0.15) is 5.71 Å². The van der Waals surface area contributed by atoms with Crippen molar-refractivity contribution >= 4 is 5.71 Å². The molecule has 1 aromatic rings. The molecule has 0 aliphatic heterocycles. The van der Waals surface area contributed by atoms with Crippen LogP contribution in [0.4, 0.5) is 0 Å². The van der Waals surface area contributed by atoms with Crippen molar-refractivity contribution in [2.24, 2.45) is 5.16 Å². The van der Waals surface area contributed by atoms with Gasteiger partial charge in [-0.3, -0.25) is 0 Å². The second kappa shape index (κ2) is 3.09. The maximum atomic E-state index is 8.39. The zero-order valence-corrected chi connectivity index (χ0v) is 6.44. The Bertz CT molecular complexity index is 283. The molecule has 0 saturated carbocycles. The summed E-state index contributed by atoms with van der Waals surface area (Å²) in [5, 5.41) is 11.4. The van der Waals surface area contributed by atoms with E-state index in [4.69, 9.17) is 5.21 Å². The van der Waals surface area contributed by atoms with E-state index in [1.54, 1.807) is 19.2 Å². The average molecular weight is 151 g/mol. The summed E-state index contributed by atoms with van der Waals surface area (Å²) in [6.07, 6.45) is 1.63. The lowest BCUT2D eigenvalue weighted by molar-refractivity contribution is 0.318. The van der Waals surface area contributed by atoms with Gasteiger partial charge >= 0.3 is 0 Å². The number of hydrogen-bond donors (Lipinski definition) is 1. The summed E-state index contributed by atoms with van der Waals surface area (Å²) in [4.78, 5) is 7.95. The second-order valence-corrected chi connectivity index (χ2v) is 2.21. The Morgan fingerprint density at radius 3 is 2.91 bits per heavy atom. The summed E-state index contributed by atoms with van der Waals surface area (Å²) in [6.45, 7) is 3.50. The number of hydrogen-bond acceptors (Lipinski definition) is 4. The minimum Gasteiger partial charge on any atom is -0.411 e. The Morgan fingerprint density at radius 2 is 2.36 bits per heavy atom. The molecular weight excluding hydrogens is 142 g/mol. The second-order valence-electron chi connectivity index (χ2n) is 2.21. The zero-order valence-electron chi connectivity index (χ0n) is 6.44. The summed E-state index contributed by atoms with van der Waals surface area (Å²) in [7, 11) is 0. The SMILES string of the molecule is C/C(=N\O)c1nccc(C)n1. The molecule has 0 atom stereocenters. The van der Waals surface area contributed by atoms with E-state index in [1.165, 1.54) is 0 Å². The molecule has 1 heterocycles. The maximum Gasteiger partial charge on any atom is 0.177 e. The number of nitrogens with zero attached hydrogens (tertiary/aromatic N) is 3. The standard InChI is InChI=1S/C7H9N3O/c1-5-3-4-8-7(9-5)6(2)10-11/h3-4,11H,1-2H3/b10-6+. The molecule has 0 radical (unpaired) electrons. The van der Waals surface area contributed by atoms with Gasteiger partial charge in [-0.1, -0.05) is 5.16 Å². The van der Waals surface area contributed by atoms with E-state index in [2.05, 4.69) is 15.1 Å². The highest BCUT2D eigenvalue weighted by Gasteiger charge is 1.99. The van der Waals surface area contributed by atoms with Gasteiger partial charge in [-0.15, -0.1) is 0 Å². The van der Waals surface area contributed by atoms with Crippen LogP contribution in [0.25, 0.3) is 0 Å². The van der Waals surface area contributed by atoms with Crippen LogP contribution >= 0.6 is 0 Å². The highest BCUT2D eigenvalue weighted by Crippen LogP contribution is 1.94. The predicted molar refractivity (Wildman–Crippen MR) is 40.8 cm³/mol. The first-order valence-electron chi connectivity index (χ1n) is 3.22. The molecular formula is C7H9N3O. The summed E-state index contributed by atoms with van der Waals surface area (Å²) in [6, 6.07) is 1.79. The van der Waals surface area contributed by atoms with E-state index in [-0.39, 0.29) is 0 Å². The van der Waals surface area contributed by atoms with Crippen LogP contribution in [0.1, 0.15) is 18.4 Å². The van der Waals surface area contributed by atoms with Crippen LogP contribution in [-0.2, 0) is 0 Å². The van der Waals surface area contributed by atoms with Gasteiger partial charge in [0.2, 0.25) is 0 Å². The normalized spacial score (nSPS) is 11.6. The summed E-state index contributed by atoms with van der Waals surface area (Å²) in [5.74, 6) is 0.465. The molecule has 0 aliphatic rings. The molecule has 1 N–H and O–H groups in total. The topological polar surface area (TPSA) is 58.4 Å². The van der Waals surface area contributed by atoms with E-state index in [0.29, 0.717) is 11.5 Å². The Kier molecular flexibility index (Phi) is 2.15. The Hall–Kier alpha value is -1.45. The molecule has 58 valence electrons. The fourth-order valence-corrected chi connectivity index (χ4v) is 0.668. The Labute approximate surface area is 64.6 Å². The third-order valence-electron chi connectivity index (χ3n) is 1.27. The molecule has 11 heavy (non-hydrogen) atoms. The molecule has 1 rings (SSSR count). The van der Waals surface area contributed by atoms with Crippen molar-refractivity contribution in [1.82, 2.24) is 9.97 Å². The van der Waals surface area contributed by atoms with Gasteiger partial charge in [0.15, 0.2) is 5.82 Å². The fraction of sp³-hybridized carbons (Fsp3) is 0.286. The molecule has 0 aliphatic carbocycles. The van der Waals surface area contributed by atoms with Crippen molar-refractivity contribution in [3.05, 3.63) is 23.8 Å². The Morgan fingerprint density at radius 1 is 1.64 bits per heavy atom. The first-order valence-corrected chi connectivity index (χ1v) is 3.22. The van der Waals surface area contributed by atoms with E-state index in [9.17, 15) is 0 Å². The lowest BCUT2D eigenvalue weighted by atomic mass is 10.3. The average Bonchev–Trinajstić information content (AvgIpc) is 2.03. The van der Waals surface area contributed by atoms with Gasteiger partial charge in [0.05, 0.1) is 0 Å². The van der Waals surface area contributed by atoms with Gasteiger partial charge in [0.25, 0.3) is 0 Å². The maximum absolute atomic E-state index is 8.39. The molecule has 4 nitrogen and oxygen atoms in total. The number of rotatable bonds is 1. The molecule has 4 heteroatoms. The minimum atomic E-state index is 0.425. The minimum absolute atomic E-state index is 0.425. The molecule has 0 unspecified atom stereocenters.